The minimum Gasteiger partial charge on any atom is -0.339 e. The zero-order valence-corrected chi connectivity index (χ0v) is 15.0. The van der Waals surface area contributed by atoms with Gasteiger partial charge in [0.05, 0.1) is 0 Å². The molecule has 2 heterocycles. The lowest BCUT2D eigenvalue weighted by atomic mass is 10.1. The van der Waals surface area contributed by atoms with Gasteiger partial charge in [-0.1, -0.05) is 29.8 Å². The van der Waals surface area contributed by atoms with E-state index in [-0.39, 0.29) is 18.4 Å². The monoisotopic (exact) mass is 356 g/mol. The third kappa shape index (κ3) is 4.87. The second-order valence-electron chi connectivity index (χ2n) is 6.61. The van der Waals surface area contributed by atoms with E-state index in [0.29, 0.717) is 32.6 Å². The number of tetrazole rings is 1. The van der Waals surface area contributed by atoms with Gasteiger partial charge in [-0.15, -0.1) is 5.10 Å². The standard InChI is InChI=1S/C18H24N6O2/c1-15-5-7-16(8-6-15)3-2-4-17(25)22-9-11-23(12-10-22)18(26)13-24-14-19-20-21-24/h5-8,14H,2-4,9-13H2,1H3. The summed E-state index contributed by atoms with van der Waals surface area (Å²) in [5, 5.41) is 10.7. The van der Waals surface area contributed by atoms with Crippen molar-refractivity contribution in [3.63, 3.8) is 0 Å². The Morgan fingerprint density at radius 1 is 1.00 bits per heavy atom. The summed E-state index contributed by atoms with van der Waals surface area (Å²) in [6, 6.07) is 8.44. The number of aromatic nitrogens is 4. The van der Waals surface area contributed by atoms with Gasteiger partial charge >= 0.3 is 0 Å². The summed E-state index contributed by atoms with van der Waals surface area (Å²) < 4.78 is 1.41. The van der Waals surface area contributed by atoms with E-state index in [1.807, 2.05) is 4.90 Å². The molecule has 2 amide bonds. The van der Waals surface area contributed by atoms with Crippen LogP contribution in [0.25, 0.3) is 0 Å². The van der Waals surface area contributed by atoms with Crippen LogP contribution in [0.5, 0.6) is 0 Å². The summed E-state index contributed by atoms with van der Waals surface area (Å²) in [6.45, 7) is 4.50. The van der Waals surface area contributed by atoms with Crippen LogP contribution in [-0.2, 0) is 22.6 Å². The van der Waals surface area contributed by atoms with Crippen molar-refractivity contribution in [2.45, 2.75) is 32.7 Å². The Morgan fingerprint density at radius 3 is 2.27 bits per heavy atom. The Balaban J connectivity index is 1.37. The van der Waals surface area contributed by atoms with Gasteiger partial charge < -0.3 is 9.80 Å². The third-order valence-electron chi connectivity index (χ3n) is 4.65. The smallest absolute Gasteiger partial charge is 0.244 e. The molecule has 8 heteroatoms. The number of rotatable bonds is 6. The molecule has 1 saturated heterocycles. The van der Waals surface area contributed by atoms with Crippen LogP contribution in [0.4, 0.5) is 0 Å². The van der Waals surface area contributed by atoms with Crippen LogP contribution < -0.4 is 0 Å². The molecule has 0 saturated carbocycles. The highest BCUT2D eigenvalue weighted by Crippen LogP contribution is 2.10. The fourth-order valence-corrected chi connectivity index (χ4v) is 3.05. The SMILES string of the molecule is Cc1ccc(CCCC(=O)N2CCN(C(=O)Cn3cnnn3)CC2)cc1. The number of amides is 2. The number of hydrogen-bond acceptors (Lipinski definition) is 5. The quantitative estimate of drug-likeness (QED) is 0.760. The maximum absolute atomic E-state index is 12.4. The molecule has 3 rings (SSSR count). The van der Waals surface area contributed by atoms with Crippen LogP contribution in [0.1, 0.15) is 24.0 Å². The molecule has 1 aliphatic heterocycles. The van der Waals surface area contributed by atoms with Crippen molar-refractivity contribution in [3.8, 4) is 0 Å². The lowest BCUT2D eigenvalue weighted by Gasteiger charge is -2.34. The highest BCUT2D eigenvalue weighted by molar-refractivity contribution is 5.78. The first-order valence-corrected chi connectivity index (χ1v) is 8.94. The first-order valence-electron chi connectivity index (χ1n) is 8.94. The molecule has 1 aromatic heterocycles. The van der Waals surface area contributed by atoms with Crippen LogP contribution in [0.2, 0.25) is 0 Å². The van der Waals surface area contributed by atoms with Gasteiger partial charge in [0.2, 0.25) is 11.8 Å². The van der Waals surface area contributed by atoms with Gasteiger partial charge in [-0.05, 0) is 35.8 Å². The predicted octanol–water partition coefficient (Wildman–Crippen LogP) is 0.675. The maximum atomic E-state index is 12.4. The summed E-state index contributed by atoms with van der Waals surface area (Å²) in [7, 11) is 0. The number of carbonyl (C=O) groups is 2. The second kappa shape index (κ2) is 8.55. The summed E-state index contributed by atoms with van der Waals surface area (Å²) in [6.07, 6.45) is 3.73. The third-order valence-corrected chi connectivity index (χ3v) is 4.65. The van der Waals surface area contributed by atoms with Crippen LogP contribution in [0, 0.1) is 6.92 Å². The molecule has 0 bridgehead atoms. The molecule has 1 fully saturated rings. The van der Waals surface area contributed by atoms with Crippen LogP contribution >= 0.6 is 0 Å². The van der Waals surface area contributed by atoms with E-state index in [0.717, 1.165) is 12.8 Å². The first kappa shape index (κ1) is 18.0. The number of benzene rings is 1. The van der Waals surface area contributed by atoms with Crippen molar-refractivity contribution >= 4 is 11.8 Å². The predicted molar refractivity (Wildman–Crippen MR) is 95.1 cm³/mol. The first-order chi connectivity index (χ1) is 12.6. The van der Waals surface area contributed by atoms with E-state index in [1.54, 1.807) is 4.90 Å². The molecule has 138 valence electrons. The van der Waals surface area contributed by atoms with Crippen LogP contribution in [-0.4, -0.2) is 68.0 Å². The zero-order chi connectivity index (χ0) is 18.4. The highest BCUT2D eigenvalue weighted by atomic mass is 16.2. The van der Waals surface area contributed by atoms with Gasteiger partial charge in [-0.25, -0.2) is 4.68 Å². The van der Waals surface area contributed by atoms with E-state index in [9.17, 15) is 9.59 Å². The minimum absolute atomic E-state index is 0.0243. The Morgan fingerprint density at radius 2 is 1.65 bits per heavy atom. The molecule has 1 aliphatic rings. The Hall–Kier alpha value is -2.77. The van der Waals surface area contributed by atoms with E-state index >= 15 is 0 Å². The van der Waals surface area contributed by atoms with Crippen molar-refractivity contribution < 1.29 is 9.59 Å². The average Bonchev–Trinajstić information content (AvgIpc) is 3.16. The molecule has 26 heavy (non-hydrogen) atoms. The van der Waals surface area contributed by atoms with Crippen molar-refractivity contribution in [2.24, 2.45) is 0 Å². The number of carbonyl (C=O) groups excluding carboxylic acids is 2. The molecule has 0 unspecified atom stereocenters. The molecular formula is C18H24N6O2. The summed E-state index contributed by atoms with van der Waals surface area (Å²) >= 11 is 0. The molecule has 0 radical (unpaired) electrons. The number of aryl methyl sites for hydroxylation is 2. The maximum Gasteiger partial charge on any atom is 0.244 e. The van der Waals surface area contributed by atoms with Crippen molar-refractivity contribution in [2.75, 3.05) is 26.2 Å². The topological polar surface area (TPSA) is 84.2 Å². The van der Waals surface area contributed by atoms with Gasteiger partial charge in [0, 0.05) is 32.6 Å². The summed E-state index contributed by atoms with van der Waals surface area (Å²) in [5.41, 5.74) is 2.51. The Kier molecular flexibility index (Phi) is 5.93. The largest absolute Gasteiger partial charge is 0.339 e. The van der Waals surface area contributed by atoms with E-state index in [1.165, 1.54) is 22.1 Å². The Labute approximate surface area is 152 Å². The number of piperazine rings is 1. The van der Waals surface area contributed by atoms with Crippen LogP contribution in [0.3, 0.4) is 0 Å². The van der Waals surface area contributed by atoms with Gasteiger partial charge in [-0.3, -0.25) is 9.59 Å². The molecule has 8 nitrogen and oxygen atoms in total. The summed E-state index contributed by atoms with van der Waals surface area (Å²) in [4.78, 5) is 28.2. The van der Waals surface area contributed by atoms with E-state index in [4.69, 9.17) is 0 Å². The Bertz CT molecular complexity index is 721. The van der Waals surface area contributed by atoms with Gasteiger partial charge in [0.15, 0.2) is 0 Å². The molecule has 0 spiro atoms. The van der Waals surface area contributed by atoms with Gasteiger partial charge in [0.1, 0.15) is 12.9 Å². The van der Waals surface area contributed by atoms with E-state index < -0.39 is 0 Å². The molecule has 2 aromatic rings. The van der Waals surface area contributed by atoms with Crippen molar-refractivity contribution in [1.29, 1.82) is 0 Å². The number of nitrogens with zero attached hydrogens (tertiary/aromatic N) is 6. The van der Waals surface area contributed by atoms with Gasteiger partial charge in [-0.2, -0.15) is 0 Å². The summed E-state index contributed by atoms with van der Waals surface area (Å²) in [5.74, 6) is 0.147. The molecule has 0 N–H and O–H groups in total. The highest BCUT2D eigenvalue weighted by Gasteiger charge is 2.24. The zero-order valence-electron chi connectivity index (χ0n) is 15.0. The lowest BCUT2D eigenvalue weighted by Crippen LogP contribution is -2.51. The minimum atomic E-state index is -0.0243. The van der Waals surface area contributed by atoms with E-state index in [2.05, 4.69) is 46.7 Å². The van der Waals surface area contributed by atoms with Crippen molar-refractivity contribution in [3.05, 3.63) is 41.7 Å². The molecular weight excluding hydrogens is 332 g/mol. The van der Waals surface area contributed by atoms with Crippen LogP contribution in [0.15, 0.2) is 30.6 Å². The lowest BCUT2D eigenvalue weighted by molar-refractivity contribution is -0.140. The molecule has 1 aromatic carbocycles. The fourth-order valence-electron chi connectivity index (χ4n) is 3.05. The number of hydrogen-bond donors (Lipinski definition) is 0. The second-order valence-corrected chi connectivity index (χ2v) is 6.61. The molecule has 0 atom stereocenters. The molecule has 0 aliphatic carbocycles. The van der Waals surface area contributed by atoms with Crippen molar-refractivity contribution in [1.82, 2.24) is 30.0 Å². The average molecular weight is 356 g/mol. The normalized spacial score (nSPS) is 14.5. The fraction of sp³-hybridized carbons (Fsp3) is 0.500. The van der Waals surface area contributed by atoms with Gasteiger partial charge in [0.25, 0.3) is 0 Å².